The van der Waals surface area contributed by atoms with Gasteiger partial charge in [-0.2, -0.15) is 13.2 Å². The van der Waals surface area contributed by atoms with Gasteiger partial charge >= 0.3 is 12.2 Å². The average molecular weight is 312 g/mol. The number of hydrogen-bond donors (Lipinski definition) is 2. The molecule has 1 saturated heterocycles. The third-order valence-electron chi connectivity index (χ3n) is 3.69. The van der Waals surface area contributed by atoms with Crippen LogP contribution in [0.5, 0.6) is 0 Å². The zero-order valence-electron chi connectivity index (χ0n) is 11.7. The van der Waals surface area contributed by atoms with E-state index in [-0.39, 0.29) is 13.1 Å². The van der Waals surface area contributed by atoms with E-state index in [1.807, 2.05) is 0 Å². The summed E-state index contributed by atoms with van der Waals surface area (Å²) in [6.07, 6.45) is -0.495. The topological polar surface area (TPSA) is 52.6 Å². The summed E-state index contributed by atoms with van der Waals surface area (Å²) in [5.41, 5.74) is -1.66. The van der Waals surface area contributed by atoms with E-state index in [1.165, 1.54) is 4.90 Å². The fourth-order valence-electron chi connectivity index (χ4n) is 2.25. The van der Waals surface area contributed by atoms with Gasteiger partial charge in [0.1, 0.15) is 0 Å². The maximum absolute atomic E-state index is 12.7. The summed E-state index contributed by atoms with van der Waals surface area (Å²) in [6.45, 7) is -0.340. The Morgan fingerprint density at radius 2 is 2.00 bits per heavy atom. The number of alkyl halides is 3. The minimum Gasteiger partial charge on any atom is -0.380 e. The number of likely N-dealkylation sites (tertiary alicyclic amines) is 1. The monoisotopic (exact) mass is 312 g/mol. The number of hydrogen-bond acceptors (Lipinski definition) is 2. The molecule has 118 valence electrons. The van der Waals surface area contributed by atoms with Crippen molar-refractivity contribution in [1.82, 2.24) is 4.90 Å². The first-order chi connectivity index (χ1) is 10.2. The van der Waals surface area contributed by atoms with Gasteiger partial charge in [0.15, 0.2) is 5.60 Å². The second-order valence-corrected chi connectivity index (χ2v) is 5.17. The van der Waals surface area contributed by atoms with Gasteiger partial charge in [0, 0.05) is 37.2 Å². The van der Waals surface area contributed by atoms with E-state index in [0.29, 0.717) is 11.3 Å². The number of piperidine rings is 1. The van der Waals surface area contributed by atoms with Crippen molar-refractivity contribution in [3.05, 3.63) is 29.8 Å². The molecule has 1 aliphatic rings. The van der Waals surface area contributed by atoms with E-state index in [4.69, 9.17) is 6.42 Å². The van der Waals surface area contributed by atoms with Gasteiger partial charge in [0.2, 0.25) is 0 Å². The maximum atomic E-state index is 12.7. The fraction of sp³-hybridized carbons (Fsp3) is 0.400. The molecule has 0 bridgehead atoms. The normalized spacial score (nSPS) is 17.7. The van der Waals surface area contributed by atoms with Crippen LogP contribution in [0.4, 0.5) is 23.7 Å². The van der Waals surface area contributed by atoms with Crippen LogP contribution in [0.2, 0.25) is 0 Å². The molecule has 0 aliphatic carbocycles. The van der Waals surface area contributed by atoms with Gasteiger partial charge in [-0.1, -0.05) is 12.0 Å². The number of aliphatic hydroxyl groups is 1. The number of anilines is 1. The molecule has 7 heteroatoms. The number of carbonyl (C=O) groups excluding carboxylic acids is 1. The molecule has 1 aliphatic heterocycles. The predicted molar refractivity (Wildman–Crippen MR) is 75.2 cm³/mol. The van der Waals surface area contributed by atoms with Gasteiger partial charge in [-0.25, -0.2) is 4.79 Å². The predicted octanol–water partition coefficient (Wildman–Crippen LogP) is 2.59. The molecule has 4 nitrogen and oxygen atoms in total. The highest BCUT2D eigenvalue weighted by atomic mass is 19.4. The number of nitrogens with zero attached hydrogens (tertiary/aromatic N) is 1. The molecule has 2 amide bonds. The molecule has 1 fully saturated rings. The Labute approximate surface area is 125 Å². The van der Waals surface area contributed by atoms with Crippen molar-refractivity contribution < 1.29 is 23.1 Å². The molecule has 1 aromatic rings. The summed E-state index contributed by atoms with van der Waals surface area (Å²) in [5, 5.41) is 12.1. The molecule has 2 N–H and O–H groups in total. The summed E-state index contributed by atoms with van der Waals surface area (Å²) >= 11 is 0. The van der Waals surface area contributed by atoms with Crippen molar-refractivity contribution >= 4 is 11.7 Å². The van der Waals surface area contributed by atoms with E-state index in [0.717, 1.165) is 0 Å². The number of rotatable bonds is 1. The van der Waals surface area contributed by atoms with Crippen LogP contribution in [0.3, 0.4) is 0 Å². The number of urea groups is 1. The van der Waals surface area contributed by atoms with Gasteiger partial charge in [-0.05, 0) is 18.2 Å². The molecule has 22 heavy (non-hydrogen) atoms. The van der Waals surface area contributed by atoms with Gasteiger partial charge in [0.05, 0.1) is 0 Å². The first-order valence-electron chi connectivity index (χ1n) is 6.67. The van der Waals surface area contributed by atoms with Crippen LogP contribution in [0.15, 0.2) is 24.3 Å². The van der Waals surface area contributed by atoms with Crippen molar-refractivity contribution in [2.24, 2.45) is 0 Å². The first kappa shape index (κ1) is 16.2. The van der Waals surface area contributed by atoms with Gasteiger partial charge in [0.25, 0.3) is 0 Å². The summed E-state index contributed by atoms with van der Waals surface area (Å²) in [7, 11) is 0. The standard InChI is InChI=1S/C15H15F3N2O2/c1-2-11-4-3-5-12(10-11)19-13(21)20-8-6-14(22,7-9-20)15(16,17)18/h1,3-5,10,22H,6-9H2,(H,19,21). The van der Waals surface area contributed by atoms with Crippen LogP contribution in [-0.4, -0.2) is 40.9 Å². The summed E-state index contributed by atoms with van der Waals surface area (Å²) in [6, 6.07) is 6.07. The maximum Gasteiger partial charge on any atom is 0.417 e. The van der Waals surface area contributed by atoms with Gasteiger partial charge in [-0.3, -0.25) is 0 Å². The number of carbonyl (C=O) groups is 1. The van der Waals surface area contributed by atoms with Crippen LogP contribution in [-0.2, 0) is 0 Å². The van der Waals surface area contributed by atoms with E-state index in [9.17, 15) is 23.1 Å². The van der Waals surface area contributed by atoms with E-state index >= 15 is 0 Å². The number of amides is 2. The Hall–Kier alpha value is -2.20. The molecule has 2 rings (SSSR count). The molecule has 0 spiro atoms. The highest BCUT2D eigenvalue weighted by molar-refractivity contribution is 5.89. The minimum absolute atomic E-state index is 0.170. The Kier molecular flexibility index (Phi) is 4.33. The molecule has 0 saturated carbocycles. The van der Waals surface area contributed by atoms with Gasteiger partial charge in [-0.15, -0.1) is 6.42 Å². The number of halogens is 3. The van der Waals surface area contributed by atoms with Crippen LogP contribution in [0.1, 0.15) is 18.4 Å². The lowest BCUT2D eigenvalue weighted by atomic mass is 9.91. The second-order valence-electron chi connectivity index (χ2n) is 5.17. The number of nitrogens with one attached hydrogen (secondary N) is 1. The Balaban J connectivity index is 1.97. The molecule has 0 unspecified atom stereocenters. The lowest BCUT2D eigenvalue weighted by Crippen LogP contribution is -2.55. The SMILES string of the molecule is C#Cc1cccc(NC(=O)N2CCC(O)(C(F)(F)F)CC2)c1. The lowest BCUT2D eigenvalue weighted by Gasteiger charge is -2.38. The average Bonchev–Trinajstić information content (AvgIpc) is 2.47. The largest absolute Gasteiger partial charge is 0.417 e. The summed E-state index contributed by atoms with van der Waals surface area (Å²) in [5.74, 6) is 2.42. The molecule has 0 radical (unpaired) electrons. The van der Waals surface area contributed by atoms with Crippen molar-refractivity contribution in [2.45, 2.75) is 24.6 Å². The molecular weight excluding hydrogens is 297 g/mol. The Bertz CT molecular complexity index is 600. The highest BCUT2D eigenvalue weighted by Gasteiger charge is 2.54. The smallest absolute Gasteiger partial charge is 0.380 e. The van der Waals surface area contributed by atoms with Crippen LogP contribution >= 0.6 is 0 Å². The zero-order chi connectivity index (χ0) is 16.4. The molecule has 0 aromatic heterocycles. The molecular formula is C15H15F3N2O2. The Morgan fingerprint density at radius 3 is 2.55 bits per heavy atom. The van der Waals surface area contributed by atoms with Crippen molar-refractivity contribution in [1.29, 1.82) is 0 Å². The van der Waals surface area contributed by atoms with E-state index < -0.39 is 30.7 Å². The van der Waals surface area contributed by atoms with Crippen LogP contribution in [0.25, 0.3) is 0 Å². The summed E-state index contributed by atoms with van der Waals surface area (Å²) in [4.78, 5) is 13.3. The molecule has 0 atom stereocenters. The summed E-state index contributed by atoms with van der Waals surface area (Å²) < 4.78 is 38.1. The third-order valence-corrected chi connectivity index (χ3v) is 3.69. The second kappa shape index (κ2) is 5.89. The first-order valence-corrected chi connectivity index (χ1v) is 6.67. The number of benzene rings is 1. The number of terminal acetylenes is 1. The van der Waals surface area contributed by atoms with E-state index in [1.54, 1.807) is 24.3 Å². The molecule has 1 aromatic carbocycles. The quantitative estimate of drug-likeness (QED) is 0.783. The zero-order valence-corrected chi connectivity index (χ0v) is 11.7. The van der Waals surface area contributed by atoms with Crippen molar-refractivity contribution in [3.63, 3.8) is 0 Å². The fourth-order valence-corrected chi connectivity index (χ4v) is 2.25. The van der Waals surface area contributed by atoms with Gasteiger partial charge < -0.3 is 15.3 Å². The Morgan fingerprint density at radius 1 is 1.36 bits per heavy atom. The third kappa shape index (κ3) is 3.34. The minimum atomic E-state index is -4.68. The van der Waals surface area contributed by atoms with E-state index in [2.05, 4.69) is 11.2 Å². The van der Waals surface area contributed by atoms with Crippen LogP contribution < -0.4 is 5.32 Å². The molecule has 1 heterocycles. The van der Waals surface area contributed by atoms with Crippen molar-refractivity contribution in [2.75, 3.05) is 18.4 Å². The lowest BCUT2D eigenvalue weighted by molar-refractivity contribution is -0.271. The van der Waals surface area contributed by atoms with Crippen molar-refractivity contribution in [3.8, 4) is 12.3 Å². The van der Waals surface area contributed by atoms with Crippen LogP contribution in [0, 0.1) is 12.3 Å². The highest BCUT2D eigenvalue weighted by Crippen LogP contribution is 2.38.